The van der Waals surface area contributed by atoms with Gasteiger partial charge in [-0.15, -0.1) is 5.01 Å². The highest BCUT2D eigenvalue weighted by atomic mass is 16.5. The van der Waals surface area contributed by atoms with Crippen molar-refractivity contribution in [1.82, 2.24) is 15.3 Å². The Morgan fingerprint density at radius 3 is 2.61 bits per heavy atom. The number of aliphatic hydroxyl groups is 1. The third kappa shape index (κ3) is 3.16. The van der Waals surface area contributed by atoms with Crippen molar-refractivity contribution in [2.75, 3.05) is 7.11 Å². The number of aryl methyl sites for hydroxylation is 1. The fourth-order valence-corrected chi connectivity index (χ4v) is 2.89. The molecule has 0 aliphatic carbocycles. The Kier molecular flexibility index (Phi) is 5.02. The van der Waals surface area contributed by atoms with Gasteiger partial charge in [0.15, 0.2) is 0 Å². The molecule has 9 nitrogen and oxygen atoms in total. The number of hydrogen-bond acceptors (Lipinski definition) is 7. The summed E-state index contributed by atoms with van der Waals surface area (Å²) in [6.07, 6.45) is 2.55. The van der Waals surface area contributed by atoms with Crippen molar-refractivity contribution in [3.05, 3.63) is 52.8 Å². The van der Waals surface area contributed by atoms with Gasteiger partial charge in [-0.25, -0.2) is 4.79 Å². The summed E-state index contributed by atoms with van der Waals surface area (Å²) in [7, 11) is 1.53. The number of ether oxygens (including phenoxy) is 1. The summed E-state index contributed by atoms with van der Waals surface area (Å²) >= 11 is 0. The average molecular weight is 384 g/mol. The fourth-order valence-electron chi connectivity index (χ4n) is 2.89. The first-order valence-electron chi connectivity index (χ1n) is 8.45. The number of hydrazone groups is 1. The number of carbonyl (C=O) groups is 2. The molecule has 1 aromatic carbocycles. The van der Waals surface area contributed by atoms with E-state index < -0.39 is 17.5 Å². The summed E-state index contributed by atoms with van der Waals surface area (Å²) in [6, 6.07) is 6.06. The van der Waals surface area contributed by atoms with Crippen LogP contribution >= 0.6 is 0 Å². The van der Waals surface area contributed by atoms with Gasteiger partial charge in [0.1, 0.15) is 17.0 Å². The average Bonchev–Trinajstić information content (AvgIpc) is 2.92. The van der Waals surface area contributed by atoms with Crippen LogP contribution < -0.4 is 10.1 Å². The van der Waals surface area contributed by atoms with Crippen molar-refractivity contribution in [3.8, 4) is 11.5 Å². The minimum Gasteiger partial charge on any atom is -0.505 e. The Labute approximate surface area is 161 Å². The summed E-state index contributed by atoms with van der Waals surface area (Å²) in [4.78, 5) is 29.2. The minimum absolute atomic E-state index is 0.180. The standard InChI is InChI=1S/C19H20N4O5/c1-11-16(25)15(12(10-24)8-20-11)9-21-23-17(26)19(2,22-18(23)27)13-4-6-14(28-3)7-5-13/h4-9,24-25H,10H2,1-3H3,(H,22,27)/b21-9+/t19-/m0/s1. The van der Waals surface area contributed by atoms with Gasteiger partial charge in [0.25, 0.3) is 5.91 Å². The lowest BCUT2D eigenvalue weighted by molar-refractivity contribution is -0.131. The number of nitrogens with one attached hydrogen (secondary N) is 1. The number of hydrogen-bond donors (Lipinski definition) is 3. The van der Waals surface area contributed by atoms with Gasteiger partial charge in [-0.2, -0.15) is 5.10 Å². The molecule has 0 unspecified atom stereocenters. The van der Waals surface area contributed by atoms with Gasteiger partial charge >= 0.3 is 6.03 Å². The number of imide groups is 1. The van der Waals surface area contributed by atoms with E-state index >= 15 is 0 Å². The zero-order valence-electron chi connectivity index (χ0n) is 15.6. The van der Waals surface area contributed by atoms with Gasteiger partial charge in [-0.05, 0) is 31.5 Å². The molecule has 2 heterocycles. The maximum atomic E-state index is 12.9. The molecule has 28 heavy (non-hydrogen) atoms. The number of aliphatic hydroxyl groups excluding tert-OH is 1. The van der Waals surface area contributed by atoms with Crippen LogP contribution in [-0.2, 0) is 16.9 Å². The van der Waals surface area contributed by atoms with Crippen LogP contribution in [0.3, 0.4) is 0 Å². The minimum atomic E-state index is -1.29. The molecular formula is C19H20N4O5. The van der Waals surface area contributed by atoms with E-state index in [1.807, 2.05) is 0 Å². The van der Waals surface area contributed by atoms with E-state index in [1.165, 1.54) is 13.3 Å². The van der Waals surface area contributed by atoms with Crippen molar-refractivity contribution in [1.29, 1.82) is 0 Å². The number of pyridine rings is 1. The van der Waals surface area contributed by atoms with Crippen molar-refractivity contribution < 1.29 is 24.5 Å². The first kappa shape index (κ1) is 19.3. The molecule has 3 amide bonds. The van der Waals surface area contributed by atoms with Crippen LogP contribution in [0, 0.1) is 6.92 Å². The van der Waals surface area contributed by atoms with Crippen LogP contribution in [0.2, 0.25) is 0 Å². The van der Waals surface area contributed by atoms with Crippen molar-refractivity contribution in [2.45, 2.75) is 26.0 Å². The Morgan fingerprint density at radius 1 is 1.32 bits per heavy atom. The van der Waals surface area contributed by atoms with Crippen LogP contribution in [0.1, 0.15) is 29.3 Å². The molecule has 1 atom stereocenters. The monoisotopic (exact) mass is 384 g/mol. The molecule has 0 spiro atoms. The smallest absolute Gasteiger partial charge is 0.346 e. The number of amides is 3. The largest absolute Gasteiger partial charge is 0.505 e. The highest BCUT2D eigenvalue weighted by Gasteiger charge is 2.49. The van der Waals surface area contributed by atoms with Crippen molar-refractivity contribution >= 4 is 18.2 Å². The summed E-state index contributed by atoms with van der Waals surface area (Å²) in [5.74, 6) is -0.130. The predicted octanol–water partition coefficient (Wildman–Crippen LogP) is 1.40. The quantitative estimate of drug-likeness (QED) is 0.529. The maximum absolute atomic E-state index is 12.9. The Balaban J connectivity index is 1.92. The number of methoxy groups -OCH3 is 1. The SMILES string of the molecule is COc1ccc([C@]2(C)NC(=O)N(/N=C/c3c(CO)cnc(C)c3O)C2=O)cc1. The molecule has 1 aliphatic rings. The molecule has 1 aromatic heterocycles. The zero-order valence-corrected chi connectivity index (χ0v) is 15.6. The number of aromatic hydroxyl groups is 1. The third-order valence-electron chi connectivity index (χ3n) is 4.67. The van der Waals surface area contributed by atoms with Gasteiger partial charge in [0, 0.05) is 17.3 Å². The number of nitrogens with zero attached hydrogens (tertiary/aromatic N) is 3. The lowest BCUT2D eigenvalue weighted by Crippen LogP contribution is -2.40. The normalized spacial score (nSPS) is 19.4. The van der Waals surface area contributed by atoms with E-state index in [-0.39, 0.29) is 17.9 Å². The van der Waals surface area contributed by atoms with Crippen molar-refractivity contribution in [3.63, 3.8) is 0 Å². The number of urea groups is 1. The molecule has 1 saturated heterocycles. The molecule has 0 bridgehead atoms. The maximum Gasteiger partial charge on any atom is 0.346 e. The van der Waals surface area contributed by atoms with E-state index in [1.54, 1.807) is 38.1 Å². The van der Waals surface area contributed by atoms with Gasteiger partial charge in [0.2, 0.25) is 0 Å². The van der Waals surface area contributed by atoms with Crippen LogP contribution in [0.5, 0.6) is 11.5 Å². The molecule has 0 saturated carbocycles. The van der Waals surface area contributed by atoms with Gasteiger partial charge < -0.3 is 20.3 Å². The van der Waals surface area contributed by atoms with E-state index in [0.29, 0.717) is 27.6 Å². The summed E-state index contributed by atoms with van der Waals surface area (Å²) in [5, 5.41) is 26.9. The first-order chi connectivity index (χ1) is 13.3. The highest BCUT2D eigenvalue weighted by molar-refractivity contribution is 6.07. The van der Waals surface area contributed by atoms with E-state index in [0.717, 1.165) is 6.21 Å². The van der Waals surface area contributed by atoms with Gasteiger partial charge in [-0.1, -0.05) is 12.1 Å². The topological polar surface area (TPSA) is 124 Å². The van der Waals surface area contributed by atoms with E-state index in [9.17, 15) is 19.8 Å². The van der Waals surface area contributed by atoms with Crippen LogP contribution in [0.15, 0.2) is 35.6 Å². The first-order valence-corrected chi connectivity index (χ1v) is 8.45. The van der Waals surface area contributed by atoms with Gasteiger partial charge in [0.05, 0.1) is 25.6 Å². The van der Waals surface area contributed by atoms with E-state index in [4.69, 9.17) is 4.74 Å². The molecule has 2 aromatic rings. The molecule has 0 radical (unpaired) electrons. The van der Waals surface area contributed by atoms with Crippen molar-refractivity contribution in [2.24, 2.45) is 5.10 Å². The van der Waals surface area contributed by atoms with Crippen LogP contribution in [0.25, 0.3) is 0 Å². The number of carbonyl (C=O) groups excluding carboxylic acids is 2. The second-order valence-corrected chi connectivity index (χ2v) is 6.43. The lowest BCUT2D eigenvalue weighted by Gasteiger charge is -2.21. The van der Waals surface area contributed by atoms with Crippen LogP contribution in [0.4, 0.5) is 4.79 Å². The summed E-state index contributed by atoms with van der Waals surface area (Å²) in [6.45, 7) is 2.78. The van der Waals surface area contributed by atoms with E-state index in [2.05, 4.69) is 15.4 Å². The predicted molar refractivity (Wildman–Crippen MR) is 99.9 cm³/mol. The molecule has 1 fully saturated rings. The molecule has 3 N–H and O–H groups in total. The highest BCUT2D eigenvalue weighted by Crippen LogP contribution is 2.30. The lowest BCUT2D eigenvalue weighted by atomic mass is 9.92. The molecular weight excluding hydrogens is 364 g/mol. The zero-order chi connectivity index (χ0) is 20.5. The Morgan fingerprint density at radius 2 is 2.00 bits per heavy atom. The fraction of sp³-hybridized carbons (Fsp3) is 0.263. The molecule has 1 aliphatic heterocycles. The second kappa shape index (κ2) is 7.28. The Bertz CT molecular complexity index is 958. The Hall–Kier alpha value is -3.46. The third-order valence-corrected chi connectivity index (χ3v) is 4.67. The number of aromatic nitrogens is 1. The number of rotatable bonds is 5. The summed E-state index contributed by atoms with van der Waals surface area (Å²) in [5.41, 5.74) is 0.115. The van der Waals surface area contributed by atoms with Crippen LogP contribution in [-0.4, -0.2) is 45.5 Å². The molecule has 146 valence electrons. The summed E-state index contributed by atoms with van der Waals surface area (Å²) < 4.78 is 5.11. The number of benzene rings is 1. The second-order valence-electron chi connectivity index (χ2n) is 6.43. The molecule has 3 rings (SSSR count). The van der Waals surface area contributed by atoms with Gasteiger partial charge in [-0.3, -0.25) is 9.78 Å². The molecule has 9 heteroatoms.